The van der Waals surface area contributed by atoms with Crippen molar-refractivity contribution < 1.29 is 14.3 Å². The monoisotopic (exact) mass is 341 g/mol. The number of nitrogens with zero attached hydrogens (tertiary/aromatic N) is 5. The zero-order valence-electron chi connectivity index (χ0n) is 14.0. The van der Waals surface area contributed by atoms with Gasteiger partial charge < -0.3 is 14.4 Å². The van der Waals surface area contributed by atoms with Crippen LogP contribution < -0.4 is 4.74 Å². The highest BCUT2D eigenvalue weighted by Gasteiger charge is 2.50. The summed E-state index contributed by atoms with van der Waals surface area (Å²) in [6, 6.07) is 3.90. The first-order valence-electron chi connectivity index (χ1n) is 8.30. The molecule has 0 aliphatic carbocycles. The molecule has 2 aromatic heterocycles. The van der Waals surface area contributed by atoms with Gasteiger partial charge in [0.2, 0.25) is 0 Å². The minimum absolute atomic E-state index is 0.00426. The first-order valence-corrected chi connectivity index (χ1v) is 8.30. The van der Waals surface area contributed by atoms with Crippen LogP contribution >= 0.6 is 0 Å². The Kier molecular flexibility index (Phi) is 4.04. The number of amides is 1. The van der Waals surface area contributed by atoms with E-state index in [4.69, 9.17) is 9.47 Å². The van der Waals surface area contributed by atoms with Gasteiger partial charge in [-0.1, -0.05) is 0 Å². The third-order valence-corrected chi connectivity index (χ3v) is 4.57. The molecule has 130 valence electrons. The maximum absolute atomic E-state index is 12.4. The van der Waals surface area contributed by atoms with E-state index in [1.807, 2.05) is 13.0 Å². The van der Waals surface area contributed by atoms with Crippen LogP contribution in [0.3, 0.4) is 0 Å². The van der Waals surface area contributed by atoms with Crippen LogP contribution in [0.15, 0.2) is 30.7 Å². The Morgan fingerprint density at radius 3 is 2.96 bits per heavy atom. The van der Waals surface area contributed by atoms with Gasteiger partial charge in [-0.05, 0) is 19.1 Å². The van der Waals surface area contributed by atoms with Crippen molar-refractivity contribution in [2.24, 2.45) is 0 Å². The molecule has 2 aromatic rings. The SMILES string of the molecule is Cc1ccnc(OC2CCOC3(C2)CN(C(=O)c2ccnnc2)C3)n1. The molecule has 1 spiro atoms. The molecular weight excluding hydrogens is 322 g/mol. The average Bonchev–Trinajstić information content (AvgIpc) is 2.60. The highest BCUT2D eigenvalue weighted by atomic mass is 16.5. The lowest BCUT2D eigenvalue weighted by atomic mass is 9.84. The van der Waals surface area contributed by atoms with Gasteiger partial charge in [-0.2, -0.15) is 10.2 Å². The Hall–Kier alpha value is -2.61. The highest BCUT2D eigenvalue weighted by molar-refractivity contribution is 5.94. The van der Waals surface area contributed by atoms with E-state index in [0.717, 1.165) is 18.5 Å². The first-order chi connectivity index (χ1) is 12.1. The van der Waals surface area contributed by atoms with Crippen molar-refractivity contribution in [2.45, 2.75) is 31.5 Å². The summed E-state index contributed by atoms with van der Waals surface area (Å²) in [5, 5.41) is 7.45. The molecule has 2 saturated heterocycles. The van der Waals surface area contributed by atoms with Crippen molar-refractivity contribution in [1.82, 2.24) is 25.1 Å². The maximum atomic E-state index is 12.4. The molecule has 2 aliphatic heterocycles. The number of carbonyl (C=O) groups excluding carboxylic acids is 1. The van der Waals surface area contributed by atoms with Crippen molar-refractivity contribution in [3.63, 3.8) is 0 Å². The molecule has 4 rings (SSSR count). The van der Waals surface area contributed by atoms with Gasteiger partial charge in [0, 0.05) is 24.7 Å². The smallest absolute Gasteiger partial charge is 0.316 e. The number of aromatic nitrogens is 4. The molecule has 0 aromatic carbocycles. The number of likely N-dealkylation sites (tertiary alicyclic amines) is 1. The van der Waals surface area contributed by atoms with E-state index in [0.29, 0.717) is 31.3 Å². The van der Waals surface area contributed by atoms with E-state index in [-0.39, 0.29) is 17.6 Å². The predicted octanol–water partition coefficient (Wildman–Crippen LogP) is 1.03. The van der Waals surface area contributed by atoms with E-state index >= 15 is 0 Å². The summed E-state index contributed by atoms with van der Waals surface area (Å²) < 4.78 is 11.9. The largest absolute Gasteiger partial charge is 0.460 e. The van der Waals surface area contributed by atoms with Crippen molar-refractivity contribution in [2.75, 3.05) is 19.7 Å². The molecule has 0 bridgehead atoms. The molecule has 2 fully saturated rings. The van der Waals surface area contributed by atoms with Crippen LogP contribution in [-0.4, -0.2) is 62.4 Å². The normalized spacial score (nSPS) is 21.6. The summed E-state index contributed by atoms with van der Waals surface area (Å²) in [5.74, 6) is -0.0471. The Labute approximate surface area is 145 Å². The lowest BCUT2D eigenvalue weighted by molar-refractivity contribution is -0.174. The summed E-state index contributed by atoms with van der Waals surface area (Å²) in [7, 11) is 0. The number of rotatable bonds is 3. The average molecular weight is 341 g/mol. The maximum Gasteiger partial charge on any atom is 0.316 e. The second-order valence-corrected chi connectivity index (χ2v) is 6.54. The Balaban J connectivity index is 1.37. The van der Waals surface area contributed by atoms with E-state index in [1.165, 1.54) is 12.4 Å². The topological polar surface area (TPSA) is 90.3 Å². The highest BCUT2D eigenvalue weighted by Crippen LogP contribution is 2.36. The number of carbonyl (C=O) groups is 1. The Morgan fingerprint density at radius 2 is 2.20 bits per heavy atom. The van der Waals surface area contributed by atoms with Gasteiger partial charge in [-0.3, -0.25) is 4.79 Å². The third-order valence-electron chi connectivity index (χ3n) is 4.57. The van der Waals surface area contributed by atoms with Crippen molar-refractivity contribution >= 4 is 5.91 Å². The summed E-state index contributed by atoms with van der Waals surface area (Å²) in [6.45, 7) is 3.63. The van der Waals surface area contributed by atoms with E-state index in [1.54, 1.807) is 17.2 Å². The molecule has 0 radical (unpaired) electrons. The van der Waals surface area contributed by atoms with Gasteiger partial charge >= 0.3 is 6.01 Å². The van der Waals surface area contributed by atoms with Crippen LogP contribution in [-0.2, 0) is 4.74 Å². The molecule has 25 heavy (non-hydrogen) atoms. The second-order valence-electron chi connectivity index (χ2n) is 6.54. The standard InChI is InChI=1S/C17H19N5O3/c1-12-2-5-18-16(21-12)25-14-4-7-24-17(8-14)10-22(11-17)15(23)13-3-6-19-20-9-13/h2-3,5-6,9,14H,4,7-8,10-11H2,1H3. The number of aryl methyl sites for hydroxylation is 1. The lowest BCUT2D eigenvalue weighted by Gasteiger charge is -2.52. The third kappa shape index (κ3) is 3.30. The molecule has 0 N–H and O–H groups in total. The molecule has 0 saturated carbocycles. The van der Waals surface area contributed by atoms with Crippen LogP contribution in [0.25, 0.3) is 0 Å². The zero-order valence-corrected chi connectivity index (χ0v) is 14.0. The van der Waals surface area contributed by atoms with Gasteiger partial charge in [0.1, 0.15) is 11.7 Å². The van der Waals surface area contributed by atoms with Crippen molar-refractivity contribution in [3.05, 3.63) is 42.0 Å². The minimum atomic E-state index is -0.330. The fourth-order valence-electron chi connectivity index (χ4n) is 3.33. The number of ether oxygens (including phenoxy) is 2. The van der Waals surface area contributed by atoms with Crippen LogP contribution in [0.1, 0.15) is 28.9 Å². The quantitative estimate of drug-likeness (QED) is 0.823. The Morgan fingerprint density at radius 1 is 1.32 bits per heavy atom. The van der Waals surface area contributed by atoms with Gasteiger partial charge in [-0.25, -0.2) is 9.97 Å². The summed E-state index contributed by atoms with van der Waals surface area (Å²) in [5.41, 5.74) is 1.09. The first kappa shape index (κ1) is 15.9. The minimum Gasteiger partial charge on any atom is -0.460 e. The molecule has 8 heteroatoms. The fraction of sp³-hybridized carbons (Fsp3) is 0.471. The molecule has 1 unspecified atom stereocenters. The van der Waals surface area contributed by atoms with E-state index < -0.39 is 0 Å². The van der Waals surface area contributed by atoms with Crippen LogP contribution in [0.2, 0.25) is 0 Å². The summed E-state index contributed by atoms with van der Waals surface area (Å²) in [6.07, 6.45) is 6.21. The molecule has 4 heterocycles. The lowest BCUT2D eigenvalue weighted by Crippen LogP contribution is -2.67. The number of hydrogen-bond donors (Lipinski definition) is 0. The Bertz CT molecular complexity index is 764. The van der Waals surface area contributed by atoms with Gasteiger partial charge in [-0.15, -0.1) is 0 Å². The van der Waals surface area contributed by atoms with Crippen LogP contribution in [0, 0.1) is 6.92 Å². The van der Waals surface area contributed by atoms with Crippen molar-refractivity contribution in [3.8, 4) is 6.01 Å². The molecule has 1 amide bonds. The van der Waals surface area contributed by atoms with Gasteiger partial charge in [0.25, 0.3) is 5.91 Å². The fourth-order valence-corrected chi connectivity index (χ4v) is 3.33. The summed E-state index contributed by atoms with van der Waals surface area (Å²) >= 11 is 0. The number of hydrogen-bond acceptors (Lipinski definition) is 7. The second kappa shape index (κ2) is 6.36. The van der Waals surface area contributed by atoms with Crippen LogP contribution in [0.5, 0.6) is 6.01 Å². The van der Waals surface area contributed by atoms with Crippen LogP contribution in [0.4, 0.5) is 0 Å². The van der Waals surface area contributed by atoms with Gasteiger partial charge in [0.15, 0.2) is 0 Å². The molecule has 1 atom stereocenters. The molecule has 8 nitrogen and oxygen atoms in total. The summed E-state index contributed by atoms with van der Waals surface area (Å²) in [4.78, 5) is 22.6. The molecule has 2 aliphatic rings. The van der Waals surface area contributed by atoms with Gasteiger partial charge in [0.05, 0.1) is 37.7 Å². The van der Waals surface area contributed by atoms with Crippen molar-refractivity contribution in [1.29, 1.82) is 0 Å². The predicted molar refractivity (Wildman–Crippen MR) is 87.0 cm³/mol. The molecular formula is C17H19N5O3. The van der Waals surface area contributed by atoms with E-state index in [9.17, 15) is 4.79 Å². The zero-order chi connectivity index (χ0) is 17.3. The van der Waals surface area contributed by atoms with E-state index in [2.05, 4.69) is 20.2 Å².